The maximum Gasteiger partial charge on any atom is 0.319 e. The lowest BCUT2D eigenvalue weighted by Gasteiger charge is -2.09. The molecule has 0 aliphatic rings. The zero-order valence-corrected chi connectivity index (χ0v) is 13.6. The first-order chi connectivity index (χ1) is 12.2. The highest BCUT2D eigenvalue weighted by atomic mass is 16.2. The standard InChI is InChI=1S/C21H18N2O2/c24-15-16-9-11-18(12-10-16)19-6-4-5-17(13-19)14-22-21(25)23-20-7-2-1-3-8-20/h1-13,15H,14H2,(H2,22,23,25). The van der Waals surface area contributed by atoms with Gasteiger partial charge in [-0.3, -0.25) is 4.79 Å². The molecule has 0 fully saturated rings. The van der Waals surface area contributed by atoms with Crippen molar-refractivity contribution in [3.05, 3.63) is 90.0 Å². The van der Waals surface area contributed by atoms with Gasteiger partial charge in [0.15, 0.2) is 0 Å². The van der Waals surface area contributed by atoms with Crippen LogP contribution in [0, 0.1) is 0 Å². The van der Waals surface area contributed by atoms with E-state index in [1.54, 1.807) is 12.1 Å². The Morgan fingerprint density at radius 3 is 2.32 bits per heavy atom. The Hall–Kier alpha value is -3.40. The fourth-order valence-electron chi connectivity index (χ4n) is 2.49. The summed E-state index contributed by atoms with van der Waals surface area (Å²) in [7, 11) is 0. The summed E-state index contributed by atoms with van der Waals surface area (Å²) in [6.07, 6.45) is 0.829. The van der Waals surface area contributed by atoms with Gasteiger partial charge in [0.2, 0.25) is 0 Å². The number of aldehydes is 1. The first kappa shape index (κ1) is 16.5. The van der Waals surface area contributed by atoms with Crippen molar-refractivity contribution in [1.82, 2.24) is 5.32 Å². The Morgan fingerprint density at radius 2 is 1.60 bits per heavy atom. The fourth-order valence-corrected chi connectivity index (χ4v) is 2.49. The highest BCUT2D eigenvalue weighted by Gasteiger charge is 2.03. The molecule has 0 aromatic heterocycles. The molecular weight excluding hydrogens is 312 g/mol. The van der Waals surface area contributed by atoms with Gasteiger partial charge in [-0.1, -0.05) is 60.7 Å². The summed E-state index contributed by atoms with van der Waals surface area (Å²) in [5.74, 6) is 0. The van der Waals surface area contributed by atoms with Crippen LogP contribution >= 0.6 is 0 Å². The quantitative estimate of drug-likeness (QED) is 0.677. The van der Waals surface area contributed by atoms with Crippen LogP contribution in [0.4, 0.5) is 10.5 Å². The average Bonchev–Trinajstić information content (AvgIpc) is 2.67. The molecule has 3 rings (SSSR count). The highest BCUT2D eigenvalue weighted by molar-refractivity contribution is 5.89. The van der Waals surface area contributed by atoms with Gasteiger partial charge in [0.25, 0.3) is 0 Å². The molecule has 4 heteroatoms. The Labute approximate surface area is 146 Å². The van der Waals surface area contributed by atoms with Crippen molar-refractivity contribution in [3.8, 4) is 11.1 Å². The van der Waals surface area contributed by atoms with Crippen LogP contribution in [0.5, 0.6) is 0 Å². The first-order valence-electron chi connectivity index (χ1n) is 7.99. The number of anilines is 1. The lowest BCUT2D eigenvalue weighted by Crippen LogP contribution is -2.28. The molecule has 25 heavy (non-hydrogen) atoms. The van der Waals surface area contributed by atoms with Gasteiger partial charge in [-0.05, 0) is 34.9 Å². The molecule has 124 valence electrons. The molecule has 0 radical (unpaired) electrons. The molecule has 0 unspecified atom stereocenters. The Kier molecular flexibility index (Phi) is 5.22. The van der Waals surface area contributed by atoms with E-state index in [0.717, 1.165) is 28.7 Å². The van der Waals surface area contributed by atoms with Crippen molar-refractivity contribution in [2.75, 3.05) is 5.32 Å². The summed E-state index contributed by atoms with van der Waals surface area (Å²) in [5, 5.41) is 5.64. The normalized spacial score (nSPS) is 10.1. The topological polar surface area (TPSA) is 58.2 Å². The van der Waals surface area contributed by atoms with Crippen molar-refractivity contribution >= 4 is 18.0 Å². The number of para-hydroxylation sites is 1. The van der Waals surface area contributed by atoms with Crippen molar-refractivity contribution in [3.63, 3.8) is 0 Å². The third-order valence-electron chi connectivity index (χ3n) is 3.79. The van der Waals surface area contributed by atoms with E-state index in [-0.39, 0.29) is 6.03 Å². The average molecular weight is 330 g/mol. The van der Waals surface area contributed by atoms with Gasteiger partial charge in [-0.15, -0.1) is 0 Å². The molecular formula is C21H18N2O2. The second-order valence-corrected chi connectivity index (χ2v) is 5.61. The third kappa shape index (κ3) is 4.54. The minimum absolute atomic E-state index is 0.244. The van der Waals surface area contributed by atoms with Gasteiger partial charge in [0.1, 0.15) is 6.29 Å². The van der Waals surface area contributed by atoms with Gasteiger partial charge in [0.05, 0.1) is 0 Å². The Balaban J connectivity index is 1.63. The number of nitrogens with one attached hydrogen (secondary N) is 2. The van der Waals surface area contributed by atoms with Gasteiger partial charge >= 0.3 is 6.03 Å². The second-order valence-electron chi connectivity index (χ2n) is 5.61. The SMILES string of the molecule is O=Cc1ccc(-c2cccc(CNC(=O)Nc3ccccc3)c2)cc1. The van der Waals surface area contributed by atoms with E-state index in [9.17, 15) is 9.59 Å². The fraction of sp³-hybridized carbons (Fsp3) is 0.0476. The van der Waals surface area contributed by atoms with E-state index >= 15 is 0 Å². The van der Waals surface area contributed by atoms with Crippen LogP contribution in [0.1, 0.15) is 15.9 Å². The third-order valence-corrected chi connectivity index (χ3v) is 3.79. The molecule has 3 aromatic carbocycles. The maximum atomic E-state index is 12.0. The van der Waals surface area contributed by atoms with Gasteiger partial charge < -0.3 is 10.6 Å². The molecule has 2 amide bonds. The second kappa shape index (κ2) is 7.93. The zero-order chi connectivity index (χ0) is 17.5. The molecule has 4 nitrogen and oxygen atoms in total. The minimum Gasteiger partial charge on any atom is -0.334 e. The molecule has 0 saturated heterocycles. The number of carbonyl (C=O) groups excluding carboxylic acids is 2. The lowest BCUT2D eigenvalue weighted by molar-refractivity contribution is 0.112. The van der Waals surface area contributed by atoms with Crippen molar-refractivity contribution in [2.45, 2.75) is 6.54 Å². The molecule has 0 bridgehead atoms. The van der Waals surface area contributed by atoms with Crippen LogP contribution in [0.15, 0.2) is 78.9 Å². The van der Waals surface area contributed by atoms with E-state index in [1.807, 2.05) is 66.7 Å². The minimum atomic E-state index is -0.244. The monoisotopic (exact) mass is 330 g/mol. The summed E-state index contributed by atoms with van der Waals surface area (Å²) in [6.45, 7) is 0.429. The number of hydrogen-bond donors (Lipinski definition) is 2. The van der Waals surface area contributed by atoms with Crippen LogP contribution in [-0.2, 0) is 6.54 Å². The van der Waals surface area contributed by atoms with Gasteiger partial charge in [-0.25, -0.2) is 4.79 Å². The van der Waals surface area contributed by atoms with Gasteiger partial charge in [-0.2, -0.15) is 0 Å². The van der Waals surface area contributed by atoms with E-state index in [2.05, 4.69) is 10.6 Å². The number of amides is 2. The van der Waals surface area contributed by atoms with Crippen molar-refractivity contribution < 1.29 is 9.59 Å². The summed E-state index contributed by atoms with van der Waals surface area (Å²) in [4.78, 5) is 22.7. The Bertz CT molecular complexity index is 859. The molecule has 0 aliphatic heterocycles. The van der Waals surface area contributed by atoms with Crippen molar-refractivity contribution in [2.24, 2.45) is 0 Å². The number of hydrogen-bond acceptors (Lipinski definition) is 2. The molecule has 0 spiro atoms. The van der Waals surface area contributed by atoms with Crippen LogP contribution < -0.4 is 10.6 Å². The van der Waals surface area contributed by atoms with Crippen molar-refractivity contribution in [1.29, 1.82) is 0 Å². The van der Waals surface area contributed by atoms with E-state index in [0.29, 0.717) is 12.1 Å². The number of rotatable bonds is 5. The van der Waals surface area contributed by atoms with Crippen LogP contribution in [0.2, 0.25) is 0 Å². The predicted molar refractivity (Wildman–Crippen MR) is 99.6 cm³/mol. The van der Waals surface area contributed by atoms with E-state index in [1.165, 1.54) is 0 Å². The van der Waals surface area contributed by atoms with Crippen LogP contribution in [-0.4, -0.2) is 12.3 Å². The van der Waals surface area contributed by atoms with E-state index in [4.69, 9.17) is 0 Å². The van der Waals surface area contributed by atoms with Gasteiger partial charge in [0, 0.05) is 17.8 Å². The van der Waals surface area contributed by atoms with Crippen LogP contribution in [0.3, 0.4) is 0 Å². The maximum absolute atomic E-state index is 12.0. The largest absolute Gasteiger partial charge is 0.334 e. The first-order valence-corrected chi connectivity index (χ1v) is 7.99. The number of urea groups is 1. The van der Waals surface area contributed by atoms with E-state index < -0.39 is 0 Å². The Morgan fingerprint density at radius 1 is 0.840 bits per heavy atom. The van der Waals surface area contributed by atoms with Crippen LogP contribution in [0.25, 0.3) is 11.1 Å². The predicted octanol–water partition coefficient (Wildman–Crippen LogP) is 4.49. The molecule has 0 atom stereocenters. The summed E-state index contributed by atoms with van der Waals surface area (Å²) in [5.41, 5.74) is 4.48. The highest BCUT2D eigenvalue weighted by Crippen LogP contribution is 2.20. The zero-order valence-electron chi connectivity index (χ0n) is 13.6. The molecule has 2 N–H and O–H groups in total. The molecule has 0 heterocycles. The molecule has 3 aromatic rings. The smallest absolute Gasteiger partial charge is 0.319 e. The number of benzene rings is 3. The molecule has 0 aliphatic carbocycles. The molecule has 0 saturated carbocycles. The number of carbonyl (C=O) groups is 2. The lowest BCUT2D eigenvalue weighted by atomic mass is 10.0. The summed E-state index contributed by atoms with van der Waals surface area (Å²) >= 11 is 0. The summed E-state index contributed by atoms with van der Waals surface area (Å²) < 4.78 is 0. The summed E-state index contributed by atoms with van der Waals surface area (Å²) in [6, 6.07) is 24.4.